The third-order valence-electron chi connectivity index (χ3n) is 5.78. The largest absolute Gasteiger partial charge is 0.507 e. The maximum atomic E-state index is 12.2. The molecule has 0 bridgehead atoms. The number of quaternary nitrogens is 1. The zero-order valence-electron chi connectivity index (χ0n) is 17.0. The SMILES string of the molecule is CCOC(=O)C1CC[NH+](Cc2cc(=O)oc3cc(-c4ccccc4)c(O)cc23)CC1. The van der Waals surface area contributed by atoms with Crippen molar-refractivity contribution in [3.05, 3.63) is 64.5 Å². The standard InChI is InChI=1S/C24H25NO5/c1-2-29-24(28)17-8-10-25(11-9-17)15-18-12-23(27)30-22-14-19(21(26)13-20(18)22)16-6-4-3-5-7-16/h3-7,12-14,17,26H,2,8-11,15H2,1H3/p+1. The van der Waals surface area contributed by atoms with Crippen LogP contribution in [0.5, 0.6) is 5.75 Å². The first-order chi connectivity index (χ1) is 14.5. The summed E-state index contributed by atoms with van der Waals surface area (Å²) >= 11 is 0. The Morgan fingerprint density at radius 1 is 1.17 bits per heavy atom. The number of rotatable bonds is 5. The van der Waals surface area contributed by atoms with Crippen LogP contribution in [0.25, 0.3) is 22.1 Å². The number of phenolic OH excluding ortho intramolecular Hbond substituents is 1. The number of hydrogen-bond acceptors (Lipinski definition) is 5. The third kappa shape index (κ3) is 4.24. The summed E-state index contributed by atoms with van der Waals surface area (Å²) in [6, 6.07) is 14.4. The molecule has 2 heterocycles. The summed E-state index contributed by atoms with van der Waals surface area (Å²) in [6.45, 7) is 4.54. The van der Waals surface area contributed by atoms with E-state index in [4.69, 9.17) is 9.15 Å². The Kier molecular flexibility index (Phi) is 5.86. The Labute approximate surface area is 174 Å². The Hall–Kier alpha value is -3.12. The van der Waals surface area contributed by atoms with E-state index < -0.39 is 5.63 Å². The molecule has 0 aliphatic carbocycles. The molecule has 2 aromatic carbocycles. The molecule has 1 fully saturated rings. The Morgan fingerprint density at radius 3 is 2.60 bits per heavy atom. The highest BCUT2D eigenvalue weighted by Gasteiger charge is 2.29. The molecule has 4 rings (SSSR count). The molecule has 156 valence electrons. The normalized spacial score (nSPS) is 19.0. The molecule has 0 radical (unpaired) electrons. The molecule has 1 aliphatic rings. The van der Waals surface area contributed by atoms with Gasteiger partial charge in [-0.1, -0.05) is 30.3 Å². The van der Waals surface area contributed by atoms with Crippen LogP contribution in [-0.4, -0.2) is 30.8 Å². The smallest absolute Gasteiger partial charge is 0.336 e. The van der Waals surface area contributed by atoms with Crippen LogP contribution >= 0.6 is 0 Å². The zero-order chi connectivity index (χ0) is 21.1. The lowest BCUT2D eigenvalue weighted by Gasteiger charge is -2.28. The van der Waals surface area contributed by atoms with Crippen LogP contribution in [0.15, 0.2) is 57.7 Å². The van der Waals surface area contributed by atoms with E-state index >= 15 is 0 Å². The number of likely N-dealkylation sites (tertiary alicyclic amines) is 1. The van der Waals surface area contributed by atoms with Crippen molar-refractivity contribution in [1.29, 1.82) is 0 Å². The number of carbonyl (C=O) groups excluding carboxylic acids is 1. The van der Waals surface area contributed by atoms with Crippen molar-refractivity contribution in [2.24, 2.45) is 5.92 Å². The van der Waals surface area contributed by atoms with Crippen LogP contribution in [0.4, 0.5) is 0 Å². The van der Waals surface area contributed by atoms with Gasteiger partial charge < -0.3 is 19.2 Å². The number of aromatic hydroxyl groups is 1. The Balaban J connectivity index is 1.59. The monoisotopic (exact) mass is 408 g/mol. The van der Waals surface area contributed by atoms with Crippen LogP contribution in [0.3, 0.4) is 0 Å². The predicted octanol–water partition coefficient (Wildman–Crippen LogP) is 2.52. The molecule has 2 N–H and O–H groups in total. The highest BCUT2D eigenvalue weighted by Crippen LogP contribution is 2.34. The lowest BCUT2D eigenvalue weighted by atomic mass is 9.96. The van der Waals surface area contributed by atoms with E-state index in [1.165, 1.54) is 11.0 Å². The average Bonchev–Trinajstić information content (AvgIpc) is 2.75. The van der Waals surface area contributed by atoms with Gasteiger partial charge in [0.05, 0.1) is 25.6 Å². The van der Waals surface area contributed by atoms with E-state index in [-0.39, 0.29) is 17.6 Å². The van der Waals surface area contributed by atoms with Crippen molar-refractivity contribution in [2.45, 2.75) is 26.3 Å². The van der Waals surface area contributed by atoms with E-state index in [2.05, 4.69) is 0 Å². The summed E-state index contributed by atoms with van der Waals surface area (Å²) in [7, 11) is 0. The van der Waals surface area contributed by atoms with Crippen molar-refractivity contribution >= 4 is 16.9 Å². The topological polar surface area (TPSA) is 81.2 Å². The van der Waals surface area contributed by atoms with E-state index in [1.807, 2.05) is 37.3 Å². The minimum Gasteiger partial charge on any atom is -0.507 e. The minimum absolute atomic E-state index is 0.0382. The van der Waals surface area contributed by atoms with Crippen molar-refractivity contribution in [3.63, 3.8) is 0 Å². The fourth-order valence-corrected chi connectivity index (χ4v) is 4.22. The molecule has 1 aliphatic heterocycles. The second-order valence-electron chi connectivity index (χ2n) is 7.78. The summed E-state index contributed by atoms with van der Waals surface area (Å²) in [4.78, 5) is 25.4. The molecular weight excluding hydrogens is 382 g/mol. The van der Waals surface area contributed by atoms with Gasteiger partial charge in [-0.15, -0.1) is 0 Å². The molecule has 0 saturated carbocycles. The van der Waals surface area contributed by atoms with Gasteiger partial charge >= 0.3 is 11.6 Å². The summed E-state index contributed by atoms with van der Waals surface area (Å²) in [6.07, 6.45) is 1.55. The molecule has 6 heteroatoms. The average molecular weight is 408 g/mol. The van der Waals surface area contributed by atoms with Gasteiger partial charge in [-0.05, 0) is 24.6 Å². The van der Waals surface area contributed by atoms with Gasteiger partial charge in [0.15, 0.2) is 0 Å². The first-order valence-electron chi connectivity index (χ1n) is 10.4. The number of phenols is 1. The van der Waals surface area contributed by atoms with Crippen molar-refractivity contribution in [3.8, 4) is 16.9 Å². The number of carbonyl (C=O) groups is 1. The third-order valence-corrected chi connectivity index (χ3v) is 5.78. The second kappa shape index (κ2) is 8.71. The van der Waals surface area contributed by atoms with Gasteiger partial charge in [-0.2, -0.15) is 0 Å². The summed E-state index contributed by atoms with van der Waals surface area (Å²) < 4.78 is 10.6. The molecule has 0 amide bonds. The zero-order valence-corrected chi connectivity index (χ0v) is 17.0. The molecule has 0 unspecified atom stereocenters. The molecule has 1 saturated heterocycles. The summed E-state index contributed by atoms with van der Waals surface area (Å²) in [5, 5.41) is 11.4. The lowest BCUT2D eigenvalue weighted by molar-refractivity contribution is -0.919. The first-order valence-corrected chi connectivity index (χ1v) is 10.4. The molecule has 1 aromatic heterocycles. The fourth-order valence-electron chi connectivity index (χ4n) is 4.22. The fraction of sp³-hybridized carbons (Fsp3) is 0.333. The van der Waals surface area contributed by atoms with Crippen molar-refractivity contribution < 1.29 is 24.0 Å². The second-order valence-corrected chi connectivity index (χ2v) is 7.78. The van der Waals surface area contributed by atoms with E-state index in [9.17, 15) is 14.7 Å². The number of fused-ring (bicyclic) bond motifs is 1. The molecule has 3 aromatic rings. The summed E-state index contributed by atoms with van der Waals surface area (Å²) in [5.74, 6) is 0.00398. The predicted molar refractivity (Wildman–Crippen MR) is 113 cm³/mol. The van der Waals surface area contributed by atoms with Crippen molar-refractivity contribution in [2.75, 3.05) is 19.7 Å². The molecule has 0 spiro atoms. The quantitative estimate of drug-likeness (QED) is 0.501. The van der Waals surface area contributed by atoms with Gasteiger partial charge in [0.25, 0.3) is 0 Å². The van der Waals surface area contributed by atoms with E-state index in [0.717, 1.165) is 42.4 Å². The maximum Gasteiger partial charge on any atom is 0.336 e. The lowest BCUT2D eigenvalue weighted by Crippen LogP contribution is -3.11. The number of esters is 1. The first kappa shape index (κ1) is 20.2. The van der Waals surface area contributed by atoms with Crippen LogP contribution in [0, 0.1) is 5.92 Å². The highest BCUT2D eigenvalue weighted by molar-refractivity contribution is 5.88. The van der Waals surface area contributed by atoms with Gasteiger partial charge in [0.1, 0.15) is 17.9 Å². The number of hydrogen-bond donors (Lipinski definition) is 2. The van der Waals surface area contributed by atoms with Crippen molar-refractivity contribution in [1.82, 2.24) is 0 Å². The maximum absolute atomic E-state index is 12.2. The molecule has 30 heavy (non-hydrogen) atoms. The molecule has 0 atom stereocenters. The minimum atomic E-state index is -0.400. The summed E-state index contributed by atoms with van der Waals surface area (Å²) in [5.41, 5.74) is 2.40. The Bertz CT molecular complexity index is 1100. The van der Waals surface area contributed by atoms with Gasteiger partial charge in [-0.25, -0.2) is 4.79 Å². The molecular formula is C24H26NO5+. The van der Waals surface area contributed by atoms with Gasteiger partial charge in [-0.3, -0.25) is 4.79 Å². The van der Waals surface area contributed by atoms with E-state index in [0.29, 0.717) is 24.3 Å². The number of benzene rings is 2. The molecule has 6 nitrogen and oxygen atoms in total. The van der Waals surface area contributed by atoms with Crippen LogP contribution < -0.4 is 10.5 Å². The Morgan fingerprint density at radius 2 is 1.90 bits per heavy atom. The van der Waals surface area contributed by atoms with Crippen LogP contribution in [0.2, 0.25) is 0 Å². The van der Waals surface area contributed by atoms with Gasteiger partial charge in [0.2, 0.25) is 0 Å². The number of nitrogens with one attached hydrogen (secondary N) is 1. The van der Waals surface area contributed by atoms with Crippen LogP contribution in [0.1, 0.15) is 25.3 Å². The van der Waals surface area contributed by atoms with E-state index in [1.54, 1.807) is 12.1 Å². The number of piperidine rings is 1. The van der Waals surface area contributed by atoms with Gasteiger partial charge in [0, 0.05) is 35.4 Å². The van der Waals surface area contributed by atoms with Crippen LogP contribution in [-0.2, 0) is 16.1 Å². The number of ether oxygens (including phenoxy) is 1. The highest BCUT2D eigenvalue weighted by atomic mass is 16.5.